The molecule has 0 atom stereocenters. The van der Waals surface area contributed by atoms with Crippen LogP contribution in [0.25, 0.3) is 0 Å². The molecule has 0 aliphatic heterocycles. The van der Waals surface area contributed by atoms with Crippen LogP contribution in [-0.4, -0.2) is 10.4 Å². The van der Waals surface area contributed by atoms with Crippen molar-refractivity contribution < 1.29 is 13.6 Å². The fourth-order valence-electron chi connectivity index (χ4n) is 2.57. The molecular formula is C19H14BrF2NO2S. The molecule has 2 heterocycles. The van der Waals surface area contributed by atoms with E-state index in [0.717, 1.165) is 20.8 Å². The number of hydrogen-bond donors (Lipinski definition) is 0. The summed E-state index contributed by atoms with van der Waals surface area (Å²) in [5, 5.41) is 0. The average Bonchev–Trinajstić information content (AvgIpc) is 3.03. The molecule has 134 valence electrons. The predicted molar refractivity (Wildman–Crippen MR) is 101 cm³/mol. The largest absolute Gasteiger partial charge is 0.310 e. The number of rotatable bonds is 6. The maximum atomic E-state index is 13.3. The van der Waals surface area contributed by atoms with Gasteiger partial charge in [0.2, 0.25) is 0 Å². The Kier molecular flexibility index (Phi) is 5.78. The summed E-state index contributed by atoms with van der Waals surface area (Å²) in [6.07, 6.45) is 2.32. The highest BCUT2D eigenvalue weighted by Crippen LogP contribution is 2.23. The molecule has 0 radical (unpaired) electrons. The number of pyridine rings is 1. The molecule has 3 aromatic rings. The highest BCUT2D eigenvalue weighted by atomic mass is 79.9. The first-order valence-electron chi connectivity index (χ1n) is 7.85. The smallest absolute Gasteiger partial charge is 0.261 e. The molecule has 3 rings (SSSR count). The zero-order valence-electron chi connectivity index (χ0n) is 13.5. The Morgan fingerprint density at radius 1 is 1.12 bits per heavy atom. The lowest BCUT2D eigenvalue weighted by atomic mass is 10.1. The van der Waals surface area contributed by atoms with Crippen molar-refractivity contribution >= 4 is 33.0 Å². The van der Waals surface area contributed by atoms with Gasteiger partial charge in [0, 0.05) is 17.5 Å². The van der Waals surface area contributed by atoms with Gasteiger partial charge in [0.05, 0.1) is 15.9 Å². The van der Waals surface area contributed by atoms with Crippen molar-refractivity contribution in [3.63, 3.8) is 0 Å². The topological polar surface area (TPSA) is 39.1 Å². The first-order chi connectivity index (χ1) is 12.4. The summed E-state index contributed by atoms with van der Waals surface area (Å²) >= 11 is 4.93. The molecule has 0 bridgehead atoms. The quantitative estimate of drug-likeness (QED) is 0.518. The van der Waals surface area contributed by atoms with E-state index in [1.165, 1.54) is 22.9 Å². The van der Waals surface area contributed by atoms with Gasteiger partial charge in [-0.3, -0.25) is 9.59 Å². The standard InChI is InChI=1S/C19H14BrF2NO2S/c20-18-8-5-13(26-18)4-7-17(24)14-2-1-9-23(19(14)25)11-12-3-6-15(21)16(22)10-12/h1-3,5-6,8-10H,4,7,11H2. The van der Waals surface area contributed by atoms with Gasteiger partial charge in [-0.25, -0.2) is 8.78 Å². The van der Waals surface area contributed by atoms with Crippen molar-refractivity contribution in [1.29, 1.82) is 0 Å². The van der Waals surface area contributed by atoms with E-state index in [1.807, 2.05) is 12.1 Å². The molecule has 0 fully saturated rings. The molecule has 0 amide bonds. The lowest BCUT2D eigenvalue weighted by Gasteiger charge is -2.08. The second-order valence-electron chi connectivity index (χ2n) is 5.73. The monoisotopic (exact) mass is 437 g/mol. The van der Waals surface area contributed by atoms with Crippen LogP contribution < -0.4 is 5.56 Å². The van der Waals surface area contributed by atoms with Crippen LogP contribution >= 0.6 is 27.3 Å². The number of ketones is 1. The Morgan fingerprint density at radius 2 is 1.92 bits per heavy atom. The molecule has 3 nitrogen and oxygen atoms in total. The summed E-state index contributed by atoms with van der Waals surface area (Å²) in [5.74, 6) is -2.14. The third kappa shape index (κ3) is 4.34. The van der Waals surface area contributed by atoms with Gasteiger partial charge < -0.3 is 4.57 Å². The van der Waals surface area contributed by atoms with Crippen LogP contribution in [-0.2, 0) is 13.0 Å². The number of halogens is 3. The zero-order chi connectivity index (χ0) is 18.7. The third-order valence-corrected chi connectivity index (χ3v) is 5.57. The second kappa shape index (κ2) is 8.05. The van der Waals surface area contributed by atoms with E-state index in [2.05, 4.69) is 15.9 Å². The number of aryl methyl sites for hydroxylation is 1. The van der Waals surface area contributed by atoms with Crippen LogP contribution in [0.2, 0.25) is 0 Å². The number of aromatic nitrogens is 1. The SMILES string of the molecule is O=C(CCc1ccc(Br)s1)c1cccn(Cc2ccc(F)c(F)c2)c1=O. The zero-order valence-corrected chi connectivity index (χ0v) is 15.9. The number of carbonyl (C=O) groups is 1. The molecule has 1 aromatic carbocycles. The molecule has 0 aliphatic carbocycles. The van der Waals surface area contributed by atoms with Crippen molar-refractivity contribution in [2.24, 2.45) is 0 Å². The normalized spacial score (nSPS) is 10.9. The number of thiophene rings is 1. The van der Waals surface area contributed by atoms with Gasteiger partial charge in [-0.15, -0.1) is 11.3 Å². The van der Waals surface area contributed by atoms with Crippen molar-refractivity contribution in [3.05, 3.63) is 90.4 Å². The number of hydrogen-bond acceptors (Lipinski definition) is 3. The Bertz CT molecular complexity index is 1010. The van der Waals surface area contributed by atoms with E-state index in [9.17, 15) is 18.4 Å². The minimum Gasteiger partial charge on any atom is -0.310 e. The number of benzene rings is 1. The lowest BCUT2D eigenvalue weighted by Crippen LogP contribution is -2.26. The van der Waals surface area contributed by atoms with Gasteiger partial charge in [-0.1, -0.05) is 6.07 Å². The fraction of sp³-hybridized carbons (Fsp3) is 0.158. The van der Waals surface area contributed by atoms with Gasteiger partial charge in [-0.05, 0) is 64.3 Å². The minimum absolute atomic E-state index is 0.0645. The molecule has 0 spiro atoms. The Hall–Kier alpha value is -2.12. The fourth-order valence-corrected chi connectivity index (χ4v) is 4.05. The maximum Gasteiger partial charge on any atom is 0.261 e. The molecular weight excluding hydrogens is 424 g/mol. The van der Waals surface area contributed by atoms with Crippen LogP contribution in [0, 0.1) is 11.6 Å². The van der Waals surface area contributed by atoms with E-state index < -0.39 is 17.2 Å². The first kappa shape index (κ1) is 18.7. The van der Waals surface area contributed by atoms with Gasteiger partial charge in [0.25, 0.3) is 5.56 Å². The Morgan fingerprint density at radius 3 is 2.62 bits per heavy atom. The Balaban J connectivity index is 1.76. The van der Waals surface area contributed by atoms with E-state index in [-0.39, 0.29) is 24.3 Å². The summed E-state index contributed by atoms with van der Waals surface area (Å²) in [6, 6.07) is 10.4. The molecule has 0 N–H and O–H groups in total. The van der Waals surface area contributed by atoms with Gasteiger partial charge in [-0.2, -0.15) is 0 Å². The molecule has 0 aliphatic rings. The van der Waals surface area contributed by atoms with Crippen molar-refractivity contribution in [3.8, 4) is 0 Å². The van der Waals surface area contributed by atoms with Crippen molar-refractivity contribution in [2.45, 2.75) is 19.4 Å². The molecule has 0 saturated carbocycles. The van der Waals surface area contributed by atoms with Gasteiger partial charge in [0.1, 0.15) is 0 Å². The van der Waals surface area contributed by atoms with Crippen LogP contribution in [0.4, 0.5) is 8.78 Å². The van der Waals surface area contributed by atoms with Crippen LogP contribution in [0.15, 0.2) is 57.2 Å². The number of Topliss-reactive ketones (excluding diaryl/α,β-unsaturated/α-hetero) is 1. The molecule has 2 aromatic heterocycles. The minimum atomic E-state index is -0.968. The van der Waals surface area contributed by atoms with Crippen molar-refractivity contribution in [2.75, 3.05) is 0 Å². The molecule has 0 unspecified atom stereocenters. The van der Waals surface area contributed by atoms with Crippen LogP contribution in [0.5, 0.6) is 0 Å². The molecule has 26 heavy (non-hydrogen) atoms. The number of carbonyl (C=O) groups excluding carboxylic acids is 1. The summed E-state index contributed by atoms with van der Waals surface area (Å²) in [4.78, 5) is 26.0. The van der Waals surface area contributed by atoms with E-state index >= 15 is 0 Å². The van der Waals surface area contributed by atoms with Crippen LogP contribution in [0.3, 0.4) is 0 Å². The predicted octanol–water partition coefficient (Wildman–Crippen LogP) is 4.81. The summed E-state index contributed by atoms with van der Waals surface area (Å²) in [5.41, 5.74) is 0.110. The van der Waals surface area contributed by atoms with Crippen molar-refractivity contribution in [1.82, 2.24) is 4.57 Å². The average molecular weight is 438 g/mol. The first-order valence-corrected chi connectivity index (χ1v) is 9.46. The van der Waals surface area contributed by atoms with E-state index in [1.54, 1.807) is 17.4 Å². The highest BCUT2D eigenvalue weighted by Gasteiger charge is 2.13. The second-order valence-corrected chi connectivity index (χ2v) is 8.28. The number of nitrogens with zero attached hydrogens (tertiary/aromatic N) is 1. The van der Waals surface area contributed by atoms with Gasteiger partial charge in [0.15, 0.2) is 17.4 Å². The van der Waals surface area contributed by atoms with E-state index in [4.69, 9.17) is 0 Å². The Labute approximate surface area is 161 Å². The lowest BCUT2D eigenvalue weighted by molar-refractivity contribution is 0.0981. The molecule has 0 saturated heterocycles. The maximum absolute atomic E-state index is 13.3. The summed E-state index contributed by atoms with van der Waals surface area (Å²) in [7, 11) is 0. The van der Waals surface area contributed by atoms with E-state index in [0.29, 0.717) is 12.0 Å². The third-order valence-electron chi connectivity index (χ3n) is 3.88. The summed E-state index contributed by atoms with van der Waals surface area (Å²) in [6.45, 7) is 0.0645. The van der Waals surface area contributed by atoms with Gasteiger partial charge >= 0.3 is 0 Å². The van der Waals surface area contributed by atoms with Crippen LogP contribution in [0.1, 0.15) is 27.2 Å². The molecule has 7 heteroatoms. The highest BCUT2D eigenvalue weighted by molar-refractivity contribution is 9.11. The summed E-state index contributed by atoms with van der Waals surface area (Å²) < 4.78 is 28.7.